The van der Waals surface area contributed by atoms with Crippen molar-refractivity contribution in [2.45, 2.75) is 12.8 Å². The maximum Gasteiger partial charge on any atom is 0.247 e. The van der Waals surface area contributed by atoms with Gasteiger partial charge < -0.3 is 14.7 Å². The summed E-state index contributed by atoms with van der Waals surface area (Å²) in [5.41, 5.74) is 0. The lowest BCUT2D eigenvalue weighted by molar-refractivity contribution is -0.118. The lowest BCUT2D eigenvalue weighted by atomic mass is 10.3. The Labute approximate surface area is 112 Å². The van der Waals surface area contributed by atoms with Crippen LogP contribution in [0.2, 0.25) is 0 Å². The van der Waals surface area contributed by atoms with Gasteiger partial charge >= 0.3 is 0 Å². The van der Waals surface area contributed by atoms with Crippen molar-refractivity contribution in [2.75, 3.05) is 49.1 Å². The summed E-state index contributed by atoms with van der Waals surface area (Å²) in [5.74, 6) is 1.59. The molecule has 0 aliphatic carbocycles. The second kappa shape index (κ2) is 5.38. The third-order valence-corrected chi connectivity index (χ3v) is 3.71. The number of hydrogen-bond donors (Lipinski definition) is 0. The normalized spacial score (nSPS) is 19.9. The number of piperazine rings is 1. The van der Waals surface area contributed by atoms with E-state index in [-0.39, 0.29) is 0 Å². The van der Waals surface area contributed by atoms with Crippen molar-refractivity contribution < 1.29 is 4.79 Å². The first kappa shape index (κ1) is 12.1. The summed E-state index contributed by atoms with van der Waals surface area (Å²) in [4.78, 5) is 21.4. The number of aromatic nitrogens is 3. The topological polar surface area (TPSA) is 65.5 Å². The molecule has 0 aromatic carbocycles. The lowest BCUT2D eigenvalue weighted by Gasteiger charge is -2.33. The van der Waals surface area contributed by atoms with E-state index in [1.165, 1.54) is 12.8 Å². The monoisotopic (exact) mass is 262 g/mol. The quantitative estimate of drug-likeness (QED) is 0.700. The minimum atomic E-state index is 0.729. The van der Waals surface area contributed by atoms with Crippen LogP contribution in [0.25, 0.3) is 0 Å². The highest BCUT2D eigenvalue weighted by Crippen LogP contribution is 2.18. The van der Waals surface area contributed by atoms with Crippen LogP contribution in [0, 0.1) is 0 Å². The van der Waals surface area contributed by atoms with Crippen LogP contribution in [0.5, 0.6) is 0 Å². The predicted molar refractivity (Wildman–Crippen MR) is 71.1 cm³/mol. The molecule has 2 saturated heterocycles. The zero-order valence-corrected chi connectivity index (χ0v) is 10.9. The van der Waals surface area contributed by atoms with Crippen LogP contribution in [-0.4, -0.2) is 65.8 Å². The van der Waals surface area contributed by atoms with E-state index in [4.69, 9.17) is 0 Å². The van der Waals surface area contributed by atoms with Gasteiger partial charge in [0.15, 0.2) is 5.82 Å². The minimum Gasteiger partial charge on any atom is -0.352 e. The van der Waals surface area contributed by atoms with Gasteiger partial charge in [0.05, 0.1) is 6.20 Å². The molecule has 3 rings (SSSR count). The van der Waals surface area contributed by atoms with Crippen molar-refractivity contribution >= 4 is 18.2 Å². The van der Waals surface area contributed by atoms with E-state index in [1.54, 1.807) is 11.1 Å². The summed E-state index contributed by atoms with van der Waals surface area (Å²) in [5, 5.41) is 8.18. The molecule has 2 aliphatic heterocycles. The summed E-state index contributed by atoms with van der Waals surface area (Å²) in [6, 6.07) is 0. The molecule has 0 unspecified atom stereocenters. The average molecular weight is 262 g/mol. The van der Waals surface area contributed by atoms with Gasteiger partial charge in [0.2, 0.25) is 12.4 Å². The van der Waals surface area contributed by atoms with E-state index in [0.29, 0.717) is 0 Å². The molecule has 3 heterocycles. The molecule has 7 heteroatoms. The summed E-state index contributed by atoms with van der Waals surface area (Å²) in [6.45, 7) is 5.13. The number of carbonyl (C=O) groups is 1. The van der Waals surface area contributed by atoms with E-state index in [1.807, 2.05) is 0 Å². The summed E-state index contributed by atoms with van der Waals surface area (Å²) >= 11 is 0. The zero-order valence-electron chi connectivity index (χ0n) is 10.9. The number of nitrogens with zero attached hydrogens (tertiary/aromatic N) is 6. The van der Waals surface area contributed by atoms with Crippen LogP contribution in [0.1, 0.15) is 12.8 Å². The van der Waals surface area contributed by atoms with Crippen LogP contribution in [0.15, 0.2) is 6.20 Å². The molecular formula is C12H18N6O. The van der Waals surface area contributed by atoms with Crippen LogP contribution in [0.4, 0.5) is 11.8 Å². The van der Waals surface area contributed by atoms with E-state index in [0.717, 1.165) is 57.4 Å². The molecule has 2 fully saturated rings. The van der Waals surface area contributed by atoms with Gasteiger partial charge in [-0.2, -0.15) is 10.1 Å². The molecule has 0 radical (unpaired) electrons. The SMILES string of the molecule is O=CN1CCN(c2cnnc(N3CCCC3)n2)CC1. The highest BCUT2D eigenvalue weighted by atomic mass is 16.1. The van der Waals surface area contributed by atoms with Crippen molar-refractivity contribution in [1.82, 2.24) is 20.1 Å². The van der Waals surface area contributed by atoms with Crippen molar-refractivity contribution in [3.05, 3.63) is 6.20 Å². The van der Waals surface area contributed by atoms with Gasteiger partial charge in [-0.3, -0.25) is 4.79 Å². The summed E-state index contributed by atoms with van der Waals surface area (Å²) in [6.07, 6.45) is 5.01. The molecule has 0 N–H and O–H groups in total. The predicted octanol–water partition coefficient (Wildman–Crippen LogP) is -0.250. The molecule has 1 aromatic rings. The Balaban J connectivity index is 1.70. The standard InChI is InChI=1S/C12H18N6O/c19-10-16-5-7-17(8-6-16)11-9-13-15-12(14-11)18-3-1-2-4-18/h9-10H,1-8H2. The van der Waals surface area contributed by atoms with Gasteiger partial charge in [-0.1, -0.05) is 0 Å². The van der Waals surface area contributed by atoms with Crippen molar-refractivity contribution in [3.8, 4) is 0 Å². The molecule has 0 spiro atoms. The van der Waals surface area contributed by atoms with Crippen LogP contribution < -0.4 is 9.80 Å². The van der Waals surface area contributed by atoms with Gasteiger partial charge in [-0.25, -0.2) is 0 Å². The van der Waals surface area contributed by atoms with E-state index < -0.39 is 0 Å². The molecule has 0 atom stereocenters. The first-order chi connectivity index (χ1) is 9.36. The average Bonchev–Trinajstić information content (AvgIpc) is 3.02. The van der Waals surface area contributed by atoms with E-state index in [9.17, 15) is 4.79 Å². The van der Waals surface area contributed by atoms with Gasteiger partial charge in [0.1, 0.15) is 0 Å². The molecule has 2 aliphatic rings. The highest BCUT2D eigenvalue weighted by Gasteiger charge is 2.20. The van der Waals surface area contributed by atoms with Crippen LogP contribution in [-0.2, 0) is 4.79 Å². The highest BCUT2D eigenvalue weighted by molar-refractivity contribution is 5.49. The van der Waals surface area contributed by atoms with E-state index in [2.05, 4.69) is 25.0 Å². The van der Waals surface area contributed by atoms with Crippen LogP contribution >= 0.6 is 0 Å². The number of anilines is 2. The first-order valence-corrected chi connectivity index (χ1v) is 6.76. The second-order valence-corrected chi connectivity index (χ2v) is 4.94. The molecule has 19 heavy (non-hydrogen) atoms. The molecule has 7 nitrogen and oxygen atoms in total. The number of amides is 1. The Hall–Kier alpha value is -1.92. The molecular weight excluding hydrogens is 244 g/mol. The molecule has 0 saturated carbocycles. The van der Waals surface area contributed by atoms with Crippen LogP contribution in [0.3, 0.4) is 0 Å². The maximum absolute atomic E-state index is 10.7. The van der Waals surface area contributed by atoms with Crippen molar-refractivity contribution in [3.63, 3.8) is 0 Å². The Morgan fingerprint density at radius 1 is 1.00 bits per heavy atom. The van der Waals surface area contributed by atoms with Gasteiger partial charge in [-0.15, -0.1) is 5.10 Å². The number of hydrogen-bond acceptors (Lipinski definition) is 6. The smallest absolute Gasteiger partial charge is 0.247 e. The molecule has 0 bridgehead atoms. The molecule has 102 valence electrons. The van der Waals surface area contributed by atoms with Crippen molar-refractivity contribution in [1.29, 1.82) is 0 Å². The largest absolute Gasteiger partial charge is 0.352 e. The second-order valence-electron chi connectivity index (χ2n) is 4.94. The molecule has 1 aromatic heterocycles. The lowest BCUT2D eigenvalue weighted by Crippen LogP contribution is -2.46. The maximum atomic E-state index is 10.7. The van der Waals surface area contributed by atoms with Crippen molar-refractivity contribution in [2.24, 2.45) is 0 Å². The Morgan fingerprint density at radius 3 is 2.42 bits per heavy atom. The fourth-order valence-corrected chi connectivity index (χ4v) is 2.55. The number of carbonyl (C=O) groups excluding carboxylic acids is 1. The first-order valence-electron chi connectivity index (χ1n) is 6.76. The zero-order chi connectivity index (χ0) is 13.1. The Morgan fingerprint density at radius 2 is 1.74 bits per heavy atom. The Bertz CT molecular complexity index is 440. The van der Waals surface area contributed by atoms with E-state index >= 15 is 0 Å². The molecule has 1 amide bonds. The Kier molecular flexibility index (Phi) is 3.43. The number of rotatable bonds is 3. The fraction of sp³-hybridized carbons (Fsp3) is 0.667. The summed E-state index contributed by atoms with van der Waals surface area (Å²) < 4.78 is 0. The summed E-state index contributed by atoms with van der Waals surface area (Å²) in [7, 11) is 0. The van der Waals surface area contributed by atoms with Gasteiger partial charge in [0, 0.05) is 39.3 Å². The van der Waals surface area contributed by atoms with Gasteiger partial charge in [0.25, 0.3) is 0 Å². The fourth-order valence-electron chi connectivity index (χ4n) is 2.55. The van der Waals surface area contributed by atoms with Gasteiger partial charge in [-0.05, 0) is 12.8 Å². The third kappa shape index (κ3) is 2.59. The third-order valence-electron chi connectivity index (χ3n) is 3.71. The minimum absolute atomic E-state index is 0.729.